The summed E-state index contributed by atoms with van der Waals surface area (Å²) in [5, 5.41) is 8.72. The van der Waals surface area contributed by atoms with E-state index in [0.29, 0.717) is 37.2 Å². The Hall–Kier alpha value is -5.19. The van der Waals surface area contributed by atoms with Gasteiger partial charge in [-0.25, -0.2) is 14.8 Å². The molecular weight excluding hydrogens is 580 g/mol. The lowest BCUT2D eigenvalue weighted by Crippen LogP contribution is -2.47. The van der Waals surface area contributed by atoms with Crippen LogP contribution in [0.1, 0.15) is 38.3 Å². The summed E-state index contributed by atoms with van der Waals surface area (Å²) >= 11 is 0. The predicted molar refractivity (Wildman–Crippen MR) is 180 cm³/mol. The number of nitrogens with two attached hydrogens (primary N) is 1. The number of amides is 1. The molecule has 6 rings (SSSR count). The number of ether oxygens (including phenoxy) is 2. The number of carbonyl (C=O) groups is 1. The number of para-hydroxylation sites is 1. The molecule has 1 saturated heterocycles. The summed E-state index contributed by atoms with van der Waals surface area (Å²) in [7, 11) is 0. The molecule has 2 aromatic heterocycles. The number of benzene rings is 2. The molecule has 0 bridgehead atoms. The number of piperazine rings is 1. The Balaban J connectivity index is 1.07. The summed E-state index contributed by atoms with van der Waals surface area (Å²) in [4.78, 5) is 27.9. The molecule has 1 fully saturated rings. The Morgan fingerprint density at radius 3 is 2.28 bits per heavy atom. The molecule has 0 saturated carbocycles. The molecule has 238 valence electrons. The van der Waals surface area contributed by atoms with Gasteiger partial charge in [0.2, 0.25) is 5.95 Å². The van der Waals surface area contributed by atoms with E-state index in [2.05, 4.69) is 36.0 Å². The lowest BCUT2D eigenvalue weighted by molar-refractivity contribution is 0.0270. The molecule has 4 heterocycles. The summed E-state index contributed by atoms with van der Waals surface area (Å²) in [5.74, 6) is 1.83. The summed E-state index contributed by atoms with van der Waals surface area (Å²) < 4.78 is 11.7. The van der Waals surface area contributed by atoms with Gasteiger partial charge in [0, 0.05) is 62.8 Å². The highest BCUT2D eigenvalue weighted by Crippen LogP contribution is 2.33. The largest absolute Gasteiger partial charge is 0.488 e. The minimum absolute atomic E-state index is 0.285. The van der Waals surface area contributed by atoms with Crippen LogP contribution in [0.5, 0.6) is 5.75 Å². The number of hydrogen-bond acceptors (Lipinski definition) is 10. The first-order valence-corrected chi connectivity index (χ1v) is 15.6. The van der Waals surface area contributed by atoms with E-state index < -0.39 is 5.60 Å². The SMILES string of the molecule is CC(C)(C)OC(=O)N1CC=C(c2cnc(N3CCN(c4cc(-c5ccccc5OCc5ccccc5)nnc4N)CC3)nc2)CC1. The van der Waals surface area contributed by atoms with E-state index in [1.807, 2.05) is 93.8 Å². The number of nitrogens with zero attached hydrogens (tertiary/aromatic N) is 7. The van der Waals surface area contributed by atoms with Gasteiger partial charge in [0.1, 0.15) is 18.0 Å². The highest BCUT2D eigenvalue weighted by Gasteiger charge is 2.25. The van der Waals surface area contributed by atoms with Crippen molar-refractivity contribution in [3.63, 3.8) is 0 Å². The first kappa shape index (κ1) is 30.8. The zero-order chi connectivity index (χ0) is 32.1. The molecule has 0 unspecified atom stereocenters. The average molecular weight is 621 g/mol. The summed E-state index contributed by atoms with van der Waals surface area (Å²) in [6.45, 7) is 10.1. The lowest BCUT2D eigenvalue weighted by Gasteiger charge is -2.36. The van der Waals surface area contributed by atoms with Crippen LogP contribution in [0.4, 0.5) is 22.2 Å². The van der Waals surface area contributed by atoms with E-state index in [9.17, 15) is 4.79 Å². The molecule has 46 heavy (non-hydrogen) atoms. The zero-order valence-electron chi connectivity index (χ0n) is 26.6. The smallest absolute Gasteiger partial charge is 0.410 e. The standard InChI is InChI=1S/C35H40N8O3/c1-35(2,3)46-34(44)43-15-13-26(14-16-43)27-22-37-33(38-23-27)42-19-17-41(18-20-42)30-21-29(39-40-32(30)36)28-11-7-8-12-31(28)45-24-25-9-5-4-6-10-25/h4-13,21-23H,14-20,24H2,1-3H3,(H2,36,40). The van der Waals surface area contributed by atoms with Crippen LogP contribution in [-0.2, 0) is 11.3 Å². The van der Waals surface area contributed by atoms with Crippen LogP contribution in [0.3, 0.4) is 0 Å². The number of hydrogen-bond donors (Lipinski definition) is 1. The summed E-state index contributed by atoms with van der Waals surface area (Å²) in [6.07, 6.45) is 6.25. The molecule has 0 aliphatic carbocycles. The Bertz CT molecular complexity index is 1680. The first-order chi connectivity index (χ1) is 22.2. The molecule has 0 spiro atoms. The second-order valence-corrected chi connectivity index (χ2v) is 12.4. The van der Waals surface area contributed by atoms with E-state index in [-0.39, 0.29) is 6.09 Å². The van der Waals surface area contributed by atoms with Crippen molar-refractivity contribution in [3.05, 3.63) is 90.3 Å². The van der Waals surface area contributed by atoms with Crippen LogP contribution in [0.15, 0.2) is 79.1 Å². The van der Waals surface area contributed by atoms with Gasteiger partial charge in [0.05, 0.1) is 11.4 Å². The maximum atomic E-state index is 12.4. The third kappa shape index (κ3) is 7.36. The van der Waals surface area contributed by atoms with Crippen molar-refractivity contribution in [3.8, 4) is 17.0 Å². The number of carbonyl (C=O) groups excluding carboxylic acids is 1. The molecule has 2 aliphatic rings. The van der Waals surface area contributed by atoms with Crippen molar-refractivity contribution in [1.29, 1.82) is 0 Å². The van der Waals surface area contributed by atoms with Gasteiger partial charge in [-0.05, 0) is 56.5 Å². The molecule has 2 N–H and O–H groups in total. The van der Waals surface area contributed by atoms with Crippen molar-refractivity contribution in [2.45, 2.75) is 39.4 Å². The number of rotatable bonds is 7. The van der Waals surface area contributed by atoms with E-state index in [4.69, 9.17) is 15.2 Å². The van der Waals surface area contributed by atoms with Crippen LogP contribution in [0, 0.1) is 0 Å². The van der Waals surface area contributed by atoms with Crippen LogP contribution in [-0.4, -0.2) is 76.0 Å². The van der Waals surface area contributed by atoms with Crippen LogP contribution in [0.2, 0.25) is 0 Å². The molecule has 2 aliphatic heterocycles. The molecular formula is C35H40N8O3. The topological polar surface area (TPSA) is 123 Å². The molecule has 0 radical (unpaired) electrons. The first-order valence-electron chi connectivity index (χ1n) is 15.6. The second kappa shape index (κ2) is 13.4. The minimum atomic E-state index is -0.509. The summed E-state index contributed by atoms with van der Waals surface area (Å²) in [5.41, 5.74) is 11.5. The Labute approximate surface area is 269 Å². The van der Waals surface area contributed by atoms with Crippen molar-refractivity contribution in [2.24, 2.45) is 0 Å². The quantitative estimate of drug-likeness (QED) is 0.286. The van der Waals surface area contributed by atoms with Crippen molar-refractivity contribution in [1.82, 2.24) is 25.1 Å². The zero-order valence-corrected chi connectivity index (χ0v) is 26.6. The molecule has 1 amide bonds. The van der Waals surface area contributed by atoms with Gasteiger partial charge in [0.25, 0.3) is 0 Å². The van der Waals surface area contributed by atoms with Gasteiger partial charge in [-0.3, -0.25) is 0 Å². The number of anilines is 3. The monoisotopic (exact) mass is 620 g/mol. The third-order valence-corrected chi connectivity index (χ3v) is 7.97. The average Bonchev–Trinajstić information content (AvgIpc) is 3.08. The van der Waals surface area contributed by atoms with Gasteiger partial charge in [0.15, 0.2) is 5.82 Å². The fraction of sp³-hybridized carbons (Fsp3) is 0.343. The van der Waals surface area contributed by atoms with E-state index in [1.165, 1.54) is 0 Å². The van der Waals surface area contributed by atoms with Crippen molar-refractivity contribution in [2.75, 3.05) is 54.8 Å². The highest BCUT2D eigenvalue weighted by molar-refractivity contribution is 5.75. The fourth-order valence-electron chi connectivity index (χ4n) is 5.54. The van der Waals surface area contributed by atoms with Gasteiger partial charge >= 0.3 is 6.09 Å². The Morgan fingerprint density at radius 1 is 0.891 bits per heavy atom. The molecule has 2 aromatic carbocycles. The minimum Gasteiger partial charge on any atom is -0.488 e. The van der Waals surface area contributed by atoms with Crippen LogP contribution >= 0.6 is 0 Å². The van der Waals surface area contributed by atoms with Crippen molar-refractivity contribution >= 4 is 29.1 Å². The van der Waals surface area contributed by atoms with Gasteiger partial charge in [-0.2, -0.15) is 0 Å². The van der Waals surface area contributed by atoms with Gasteiger partial charge in [-0.1, -0.05) is 48.5 Å². The highest BCUT2D eigenvalue weighted by atomic mass is 16.6. The molecule has 11 heteroatoms. The van der Waals surface area contributed by atoms with Gasteiger partial charge in [-0.15, -0.1) is 10.2 Å². The van der Waals surface area contributed by atoms with E-state index in [0.717, 1.165) is 66.3 Å². The maximum absolute atomic E-state index is 12.4. The van der Waals surface area contributed by atoms with E-state index in [1.54, 1.807) is 4.90 Å². The van der Waals surface area contributed by atoms with E-state index >= 15 is 0 Å². The van der Waals surface area contributed by atoms with Crippen LogP contribution in [0.25, 0.3) is 16.8 Å². The van der Waals surface area contributed by atoms with Crippen LogP contribution < -0.4 is 20.3 Å². The normalized spacial score (nSPS) is 15.4. The third-order valence-electron chi connectivity index (χ3n) is 7.97. The predicted octanol–water partition coefficient (Wildman–Crippen LogP) is 5.45. The lowest BCUT2D eigenvalue weighted by atomic mass is 10.0. The Morgan fingerprint density at radius 2 is 1.59 bits per heavy atom. The molecule has 11 nitrogen and oxygen atoms in total. The molecule has 0 atom stereocenters. The van der Waals surface area contributed by atoms with Crippen molar-refractivity contribution < 1.29 is 14.3 Å². The Kier molecular flexibility index (Phi) is 9.00. The number of nitrogen functional groups attached to an aromatic ring is 1. The maximum Gasteiger partial charge on any atom is 0.410 e. The molecule has 4 aromatic rings. The second-order valence-electron chi connectivity index (χ2n) is 12.4. The number of aromatic nitrogens is 4. The van der Waals surface area contributed by atoms with Gasteiger partial charge < -0.3 is 29.9 Å². The fourth-order valence-corrected chi connectivity index (χ4v) is 5.54. The summed E-state index contributed by atoms with van der Waals surface area (Å²) in [6, 6.07) is 19.9.